The molecule has 3 unspecified atom stereocenters. The van der Waals surface area contributed by atoms with Crippen LogP contribution in [0.3, 0.4) is 0 Å². The predicted molar refractivity (Wildman–Crippen MR) is 56.0 cm³/mol. The van der Waals surface area contributed by atoms with E-state index in [0.29, 0.717) is 18.2 Å². The number of likely N-dealkylation sites (tertiary alicyclic amines) is 1. The van der Waals surface area contributed by atoms with Crippen molar-refractivity contribution in [2.75, 3.05) is 13.7 Å². The van der Waals surface area contributed by atoms with Gasteiger partial charge in [0, 0.05) is 25.7 Å². The van der Waals surface area contributed by atoms with Gasteiger partial charge in [0.2, 0.25) is 0 Å². The van der Waals surface area contributed by atoms with E-state index in [1.807, 2.05) is 7.11 Å². The van der Waals surface area contributed by atoms with Gasteiger partial charge in [-0.2, -0.15) is 0 Å². The van der Waals surface area contributed by atoms with Gasteiger partial charge in [-0.1, -0.05) is 13.8 Å². The second kappa shape index (κ2) is 4.97. The van der Waals surface area contributed by atoms with E-state index in [9.17, 15) is 0 Å². The highest BCUT2D eigenvalue weighted by Crippen LogP contribution is 2.25. The number of hydrogen-bond acceptors (Lipinski definition) is 2. The fourth-order valence-electron chi connectivity index (χ4n) is 2.40. The van der Waals surface area contributed by atoms with Crippen LogP contribution in [0.25, 0.3) is 0 Å². The highest BCUT2D eigenvalue weighted by atomic mass is 16.5. The van der Waals surface area contributed by atoms with Gasteiger partial charge in [0.25, 0.3) is 0 Å². The molecule has 1 saturated heterocycles. The highest BCUT2D eigenvalue weighted by molar-refractivity contribution is 4.89. The summed E-state index contributed by atoms with van der Waals surface area (Å²) in [6.07, 6.45) is 4.13. The minimum Gasteiger partial charge on any atom is -0.380 e. The molecule has 13 heavy (non-hydrogen) atoms. The van der Waals surface area contributed by atoms with Crippen molar-refractivity contribution in [3.63, 3.8) is 0 Å². The molecule has 1 heterocycles. The second-order valence-corrected chi connectivity index (χ2v) is 4.03. The molecule has 0 aromatic rings. The fourth-order valence-corrected chi connectivity index (χ4v) is 2.40. The van der Waals surface area contributed by atoms with Gasteiger partial charge in [-0.05, 0) is 26.2 Å². The maximum Gasteiger partial charge on any atom is 0.0738 e. The maximum absolute atomic E-state index is 5.50. The van der Waals surface area contributed by atoms with Gasteiger partial charge in [-0.3, -0.25) is 4.90 Å². The third-order valence-electron chi connectivity index (χ3n) is 3.40. The van der Waals surface area contributed by atoms with Crippen LogP contribution < -0.4 is 0 Å². The predicted octanol–water partition coefficient (Wildman–Crippen LogP) is 2.28. The molecule has 2 heteroatoms. The molecule has 0 aromatic carbocycles. The summed E-state index contributed by atoms with van der Waals surface area (Å²) >= 11 is 0. The second-order valence-electron chi connectivity index (χ2n) is 4.03. The highest BCUT2D eigenvalue weighted by Gasteiger charge is 2.34. The van der Waals surface area contributed by atoms with E-state index in [0.717, 1.165) is 0 Å². The Morgan fingerprint density at radius 2 is 2.15 bits per heavy atom. The zero-order chi connectivity index (χ0) is 9.84. The molecule has 0 saturated carbocycles. The summed E-state index contributed by atoms with van der Waals surface area (Å²) in [5.41, 5.74) is 0. The number of rotatable bonds is 4. The molecule has 0 aromatic heterocycles. The molecular weight excluding hydrogens is 162 g/mol. The summed E-state index contributed by atoms with van der Waals surface area (Å²) in [6, 6.07) is 1.37. The van der Waals surface area contributed by atoms with Crippen molar-refractivity contribution in [1.82, 2.24) is 4.90 Å². The standard InChI is InChI=1S/C11H23NO/c1-5-9(3)12-8-7-11(13-4)10(12)6-2/h9-11H,5-8H2,1-4H3. The Balaban J connectivity index is 2.56. The van der Waals surface area contributed by atoms with Crippen LogP contribution in [0.5, 0.6) is 0 Å². The van der Waals surface area contributed by atoms with Crippen LogP contribution in [0, 0.1) is 0 Å². The average Bonchev–Trinajstić information content (AvgIpc) is 2.58. The lowest BCUT2D eigenvalue weighted by molar-refractivity contribution is 0.0528. The first-order chi connectivity index (χ1) is 6.24. The molecule has 78 valence electrons. The van der Waals surface area contributed by atoms with Gasteiger partial charge < -0.3 is 4.74 Å². The van der Waals surface area contributed by atoms with Crippen molar-refractivity contribution in [3.8, 4) is 0 Å². The minimum absolute atomic E-state index is 0.471. The quantitative estimate of drug-likeness (QED) is 0.666. The zero-order valence-electron chi connectivity index (χ0n) is 9.42. The molecule has 1 aliphatic rings. The first kappa shape index (κ1) is 11.0. The summed E-state index contributed by atoms with van der Waals surface area (Å²) < 4.78 is 5.50. The Labute approximate surface area is 82.3 Å². The Morgan fingerprint density at radius 3 is 2.62 bits per heavy atom. The summed E-state index contributed by atoms with van der Waals surface area (Å²) in [5, 5.41) is 0. The monoisotopic (exact) mass is 185 g/mol. The third-order valence-corrected chi connectivity index (χ3v) is 3.40. The van der Waals surface area contributed by atoms with E-state index in [1.165, 1.54) is 25.8 Å². The van der Waals surface area contributed by atoms with Crippen LogP contribution in [0.1, 0.15) is 40.0 Å². The summed E-state index contributed by atoms with van der Waals surface area (Å²) in [5.74, 6) is 0. The first-order valence-corrected chi connectivity index (χ1v) is 5.53. The normalized spacial score (nSPS) is 32.3. The molecule has 0 aliphatic carbocycles. The maximum atomic E-state index is 5.50. The molecular formula is C11H23NO. The summed E-state index contributed by atoms with van der Waals surface area (Å²) in [6.45, 7) is 8.06. The number of methoxy groups -OCH3 is 1. The van der Waals surface area contributed by atoms with E-state index >= 15 is 0 Å². The molecule has 1 aliphatic heterocycles. The van der Waals surface area contributed by atoms with Crippen LogP contribution in [0.2, 0.25) is 0 Å². The van der Waals surface area contributed by atoms with Crippen LogP contribution in [0.15, 0.2) is 0 Å². The Bertz CT molecular complexity index is 149. The summed E-state index contributed by atoms with van der Waals surface area (Å²) in [4.78, 5) is 2.61. The van der Waals surface area contributed by atoms with Crippen LogP contribution in [0.4, 0.5) is 0 Å². The van der Waals surface area contributed by atoms with Crippen molar-refractivity contribution < 1.29 is 4.74 Å². The topological polar surface area (TPSA) is 12.5 Å². The third kappa shape index (κ3) is 2.23. The Kier molecular flexibility index (Phi) is 4.20. The average molecular weight is 185 g/mol. The van der Waals surface area contributed by atoms with Gasteiger partial charge in [-0.15, -0.1) is 0 Å². The Hall–Kier alpha value is -0.0800. The van der Waals surface area contributed by atoms with E-state index in [1.54, 1.807) is 0 Å². The number of nitrogens with zero attached hydrogens (tertiary/aromatic N) is 1. The number of hydrogen-bond donors (Lipinski definition) is 0. The summed E-state index contributed by atoms with van der Waals surface area (Å²) in [7, 11) is 1.84. The molecule has 2 nitrogen and oxygen atoms in total. The minimum atomic E-state index is 0.471. The molecule has 0 radical (unpaired) electrons. The van der Waals surface area contributed by atoms with Gasteiger partial charge in [-0.25, -0.2) is 0 Å². The van der Waals surface area contributed by atoms with Crippen LogP contribution in [-0.4, -0.2) is 36.7 Å². The SMILES string of the molecule is CCC(C)N1CCC(OC)C1CC. The smallest absolute Gasteiger partial charge is 0.0738 e. The lowest BCUT2D eigenvalue weighted by Crippen LogP contribution is -2.40. The molecule has 0 amide bonds. The van der Waals surface area contributed by atoms with E-state index < -0.39 is 0 Å². The van der Waals surface area contributed by atoms with Crippen molar-refractivity contribution in [2.45, 2.75) is 58.2 Å². The van der Waals surface area contributed by atoms with E-state index in [4.69, 9.17) is 4.74 Å². The van der Waals surface area contributed by atoms with Crippen molar-refractivity contribution in [1.29, 1.82) is 0 Å². The molecule has 0 spiro atoms. The van der Waals surface area contributed by atoms with Crippen molar-refractivity contribution in [3.05, 3.63) is 0 Å². The lowest BCUT2D eigenvalue weighted by atomic mass is 10.1. The van der Waals surface area contributed by atoms with Crippen LogP contribution in [-0.2, 0) is 4.74 Å². The van der Waals surface area contributed by atoms with Crippen LogP contribution >= 0.6 is 0 Å². The van der Waals surface area contributed by atoms with Crippen molar-refractivity contribution in [2.24, 2.45) is 0 Å². The number of ether oxygens (including phenoxy) is 1. The van der Waals surface area contributed by atoms with Gasteiger partial charge in [0.1, 0.15) is 0 Å². The zero-order valence-corrected chi connectivity index (χ0v) is 9.42. The molecule has 0 bridgehead atoms. The fraction of sp³-hybridized carbons (Fsp3) is 1.00. The first-order valence-electron chi connectivity index (χ1n) is 5.53. The molecule has 3 atom stereocenters. The van der Waals surface area contributed by atoms with E-state index in [2.05, 4.69) is 25.7 Å². The Morgan fingerprint density at radius 1 is 1.46 bits per heavy atom. The van der Waals surface area contributed by atoms with Gasteiger partial charge >= 0.3 is 0 Å². The molecule has 1 rings (SSSR count). The largest absolute Gasteiger partial charge is 0.380 e. The molecule has 0 N–H and O–H groups in total. The van der Waals surface area contributed by atoms with E-state index in [-0.39, 0.29) is 0 Å². The van der Waals surface area contributed by atoms with Gasteiger partial charge in [0.05, 0.1) is 6.10 Å². The lowest BCUT2D eigenvalue weighted by Gasteiger charge is -2.31. The van der Waals surface area contributed by atoms with Gasteiger partial charge in [0.15, 0.2) is 0 Å². The molecule has 1 fully saturated rings. The van der Waals surface area contributed by atoms with Crippen molar-refractivity contribution >= 4 is 0 Å².